The van der Waals surface area contributed by atoms with E-state index in [0.717, 1.165) is 25.2 Å². The third-order valence-electron chi connectivity index (χ3n) is 6.18. The Bertz CT molecular complexity index is 1280. The Labute approximate surface area is 194 Å². The number of nitrogens with zero attached hydrogens (tertiary/aromatic N) is 5. The molecule has 9 nitrogen and oxygen atoms in total. The standard InChI is InChI=1S/C21H22BrN5O4S/c1-25(2)32(29,30)26-10-16(23-12-26)18-17-14(11-31-20(17)28)8-15-19(18)27(21(22)24-15)9-13-6-4-3-5-7-13/h3-7,10,12,14,17-18H,8-9,11H2,1-2H3/t14-,17-,18+/m1/s1. The third kappa shape index (κ3) is 3.39. The first-order chi connectivity index (χ1) is 15.3. The van der Waals surface area contributed by atoms with Crippen LogP contribution in [0.15, 0.2) is 47.6 Å². The molecule has 1 aromatic carbocycles. The zero-order chi connectivity index (χ0) is 22.6. The van der Waals surface area contributed by atoms with Crippen LogP contribution in [0.2, 0.25) is 0 Å². The van der Waals surface area contributed by atoms with Crippen molar-refractivity contribution in [1.82, 2.24) is 22.8 Å². The maximum atomic E-state index is 12.8. The highest BCUT2D eigenvalue weighted by molar-refractivity contribution is 9.10. The molecule has 0 saturated carbocycles. The topological polar surface area (TPSA) is 99.3 Å². The second-order valence-corrected chi connectivity index (χ2v) is 11.1. The molecule has 3 aromatic rings. The molecule has 2 aromatic heterocycles. The lowest BCUT2D eigenvalue weighted by Gasteiger charge is -2.30. The number of carbonyl (C=O) groups excluding carboxylic acids is 1. The van der Waals surface area contributed by atoms with Gasteiger partial charge in [0.15, 0.2) is 4.73 Å². The Morgan fingerprint density at radius 1 is 1.25 bits per heavy atom. The van der Waals surface area contributed by atoms with Crippen molar-refractivity contribution in [3.63, 3.8) is 0 Å². The molecule has 1 fully saturated rings. The number of fused-ring (bicyclic) bond motifs is 2. The van der Waals surface area contributed by atoms with Gasteiger partial charge in [0.1, 0.15) is 6.33 Å². The molecule has 0 amide bonds. The number of aromatic nitrogens is 4. The van der Waals surface area contributed by atoms with Crippen molar-refractivity contribution >= 4 is 32.1 Å². The van der Waals surface area contributed by atoms with Crippen LogP contribution in [0.4, 0.5) is 0 Å². The molecule has 32 heavy (non-hydrogen) atoms. The normalized spacial score (nSPS) is 22.6. The van der Waals surface area contributed by atoms with E-state index in [1.54, 1.807) is 0 Å². The van der Waals surface area contributed by atoms with Gasteiger partial charge in [0.05, 0.1) is 35.5 Å². The van der Waals surface area contributed by atoms with Crippen LogP contribution >= 0.6 is 15.9 Å². The summed E-state index contributed by atoms with van der Waals surface area (Å²) in [6.07, 6.45) is 3.39. The van der Waals surface area contributed by atoms with Gasteiger partial charge >= 0.3 is 16.2 Å². The zero-order valence-corrected chi connectivity index (χ0v) is 20.0. The number of cyclic esters (lactones) is 1. The molecular formula is C21H22BrN5O4S. The van der Waals surface area contributed by atoms with Crippen LogP contribution in [0.25, 0.3) is 0 Å². The summed E-state index contributed by atoms with van der Waals surface area (Å²) < 4.78 is 35.5. The Balaban J connectivity index is 1.65. The number of benzene rings is 1. The number of carbonyl (C=O) groups is 1. The lowest BCUT2D eigenvalue weighted by molar-refractivity contribution is -0.141. The second-order valence-electron chi connectivity index (χ2n) is 8.30. The van der Waals surface area contributed by atoms with E-state index < -0.39 is 22.0 Å². The number of imidazole rings is 2. The van der Waals surface area contributed by atoms with Crippen LogP contribution in [0.1, 0.15) is 28.6 Å². The molecule has 1 aliphatic heterocycles. The van der Waals surface area contributed by atoms with E-state index in [0.29, 0.717) is 30.0 Å². The average Bonchev–Trinajstić information content (AvgIpc) is 3.46. The van der Waals surface area contributed by atoms with E-state index in [1.165, 1.54) is 26.6 Å². The first-order valence-electron chi connectivity index (χ1n) is 10.2. The van der Waals surface area contributed by atoms with Gasteiger partial charge in [-0.1, -0.05) is 30.3 Å². The maximum absolute atomic E-state index is 12.8. The van der Waals surface area contributed by atoms with E-state index in [9.17, 15) is 13.2 Å². The SMILES string of the molecule is CN(C)S(=O)(=O)n1cnc([C@@H]2c3c(nc(Br)n3Cc3ccccc3)C[C@@H]3COC(=O)[C@H]32)c1. The van der Waals surface area contributed by atoms with Crippen LogP contribution < -0.4 is 0 Å². The van der Waals surface area contributed by atoms with Crippen molar-refractivity contribution in [3.05, 3.63) is 70.2 Å². The molecular weight excluding hydrogens is 498 g/mol. The van der Waals surface area contributed by atoms with E-state index >= 15 is 0 Å². The molecule has 11 heteroatoms. The number of ether oxygens (including phenoxy) is 1. The van der Waals surface area contributed by atoms with Gasteiger partial charge in [0.25, 0.3) is 0 Å². The molecule has 0 radical (unpaired) electrons. The minimum absolute atomic E-state index is 0.0254. The highest BCUT2D eigenvalue weighted by atomic mass is 79.9. The fourth-order valence-electron chi connectivity index (χ4n) is 4.61. The van der Waals surface area contributed by atoms with Crippen LogP contribution in [0.3, 0.4) is 0 Å². The van der Waals surface area contributed by atoms with Gasteiger partial charge in [0, 0.05) is 32.8 Å². The zero-order valence-electron chi connectivity index (χ0n) is 17.6. The maximum Gasteiger partial charge on any atom is 0.310 e. The van der Waals surface area contributed by atoms with Gasteiger partial charge < -0.3 is 9.30 Å². The highest BCUT2D eigenvalue weighted by Crippen LogP contribution is 2.47. The van der Waals surface area contributed by atoms with E-state index in [-0.39, 0.29) is 11.9 Å². The van der Waals surface area contributed by atoms with Crippen molar-refractivity contribution in [2.24, 2.45) is 11.8 Å². The van der Waals surface area contributed by atoms with E-state index in [2.05, 4.69) is 20.9 Å². The van der Waals surface area contributed by atoms with Crippen molar-refractivity contribution in [3.8, 4) is 0 Å². The number of esters is 1. The first-order valence-corrected chi connectivity index (χ1v) is 12.4. The summed E-state index contributed by atoms with van der Waals surface area (Å²) in [5.41, 5.74) is 3.34. The monoisotopic (exact) mass is 519 g/mol. The first kappa shape index (κ1) is 21.4. The minimum Gasteiger partial charge on any atom is -0.465 e. The van der Waals surface area contributed by atoms with E-state index in [1.807, 2.05) is 34.9 Å². The Hall–Kier alpha value is -2.50. The van der Waals surface area contributed by atoms with Crippen molar-refractivity contribution in [1.29, 1.82) is 0 Å². The van der Waals surface area contributed by atoms with Crippen LogP contribution in [0, 0.1) is 11.8 Å². The summed E-state index contributed by atoms with van der Waals surface area (Å²) in [5, 5.41) is 0. The largest absolute Gasteiger partial charge is 0.465 e. The van der Waals surface area contributed by atoms with Gasteiger partial charge in [0.2, 0.25) is 0 Å². The molecule has 168 valence electrons. The molecule has 5 rings (SSSR count). The molecule has 1 aliphatic carbocycles. The Morgan fingerprint density at radius 3 is 2.72 bits per heavy atom. The Morgan fingerprint density at radius 2 is 2.00 bits per heavy atom. The number of halogens is 1. The van der Waals surface area contributed by atoms with Crippen molar-refractivity contribution < 1.29 is 17.9 Å². The van der Waals surface area contributed by atoms with Crippen LogP contribution in [-0.2, 0) is 32.7 Å². The predicted molar refractivity (Wildman–Crippen MR) is 119 cm³/mol. The van der Waals surface area contributed by atoms with Gasteiger partial charge in [-0.05, 0) is 27.9 Å². The second kappa shape index (κ2) is 7.82. The van der Waals surface area contributed by atoms with Crippen molar-refractivity contribution in [2.75, 3.05) is 20.7 Å². The van der Waals surface area contributed by atoms with Crippen molar-refractivity contribution in [2.45, 2.75) is 18.9 Å². The van der Waals surface area contributed by atoms with Gasteiger partial charge in [-0.25, -0.2) is 13.9 Å². The van der Waals surface area contributed by atoms with Gasteiger partial charge in [-0.3, -0.25) is 4.79 Å². The lowest BCUT2D eigenvalue weighted by atomic mass is 9.72. The van der Waals surface area contributed by atoms with Crippen LogP contribution in [0.5, 0.6) is 0 Å². The molecule has 1 saturated heterocycles. The fourth-order valence-corrected chi connectivity index (χ4v) is 5.93. The molecule has 0 bridgehead atoms. The summed E-state index contributed by atoms with van der Waals surface area (Å²) in [6, 6.07) is 9.97. The number of hydrogen-bond acceptors (Lipinski definition) is 6. The Kier molecular flexibility index (Phi) is 5.22. The van der Waals surface area contributed by atoms with E-state index in [4.69, 9.17) is 9.72 Å². The molecule has 0 N–H and O–H groups in total. The quantitative estimate of drug-likeness (QED) is 0.478. The van der Waals surface area contributed by atoms with Gasteiger partial charge in [-0.2, -0.15) is 12.7 Å². The van der Waals surface area contributed by atoms with Gasteiger partial charge in [-0.15, -0.1) is 0 Å². The lowest BCUT2D eigenvalue weighted by Crippen LogP contribution is -2.33. The molecule has 0 unspecified atom stereocenters. The predicted octanol–water partition coefficient (Wildman–Crippen LogP) is 2.02. The molecule has 0 spiro atoms. The van der Waals surface area contributed by atoms with Crippen LogP contribution in [-0.4, -0.2) is 57.9 Å². The summed E-state index contributed by atoms with van der Waals surface area (Å²) in [4.78, 5) is 21.9. The smallest absolute Gasteiger partial charge is 0.310 e. The molecule has 3 heterocycles. The summed E-state index contributed by atoms with van der Waals surface area (Å²) >= 11 is 3.59. The summed E-state index contributed by atoms with van der Waals surface area (Å²) in [6.45, 7) is 0.892. The third-order valence-corrected chi connectivity index (χ3v) is 8.44. The fraction of sp³-hybridized carbons (Fsp3) is 0.381. The summed E-state index contributed by atoms with van der Waals surface area (Å²) in [5.74, 6) is -1.20. The summed E-state index contributed by atoms with van der Waals surface area (Å²) in [7, 11) is -0.797. The number of hydrogen-bond donors (Lipinski definition) is 0. The molecule has 3 atom stereocenters. The number of rotatable bonds is 5. The molecule has 2 aliphatic rings. The highest BCUT2D eigenvalue weighted by Gasteiger charge is 2.50. The minimum atomic E-state index is -3.72. The average molecular weight is 520 g/mol.